The fourth-order valence-electron chi connectivity index (χ4n) is 3.10. The number of ether oxygens (including phenoxy) is 1. The van der Waals surface area contributed by atoms with Crippen molar-refractivity contribution in [2.75, 3.05) is 19.7 Å². The minimum Gasteiger partial charge on any atom is -0.375 e. The zero-order valence-corrected chi connectivity index (χ0v) is 12.5. The van der Waals surface area contributed by atoms with E-state index in [0.29, 0.717) is 26.1 Å². The molecule has 2 heterocycles. The van der Waals surface area contributed by atoms with E-state index in [0.717, 1.165) is 17.7 Å². The SMILES string of the molecule is NC(=O)[C@H]1Cc2ccccc2CN1C(=O)C[C@H]1CNCCO1. The predicted molar refractivity (Wildman–Crippen MR) is 80.9 cm³/mol. The molecule has 0 saturated carbocycles. The molecule has 2 aliphatic heterocycles. The average molecular weight is 303 g/mol. The third kappa shape index (κ3) is 3.13. The number of benzene rings is 1. The van der Waals surface area contributed by atoms with Gasteiger partial charge in [0.1, 0.15) is 6.04 Å². The highest BCUT2D eigenvalue weighted by atomic mass is 16.5. The van der Waals surface area contributed by atoms with Crippen molar-refractivity contribution in [3.05, 3.63) is 35.4 Å². The van der Waals surface area contributed by atoms with Crippen LogP contribution in [0.2, 0.25) is 0 Å². The molecule has 0 unspecified atom stereocenters. The third-order valence-electron chi connectivity index (χ3n) is 4.30. The maximum absolute atomic E-state index is 12.6. The van der Waals surface area contributed by atoms with Crippen LogP contribution in [-0.4, -0.2) is 48.6 Å². The molecule has 0 aromatic heterocycles. The maximum atomic E-state index is 12.6. The van der Waals surface area contributed by atoms with Gasteiger partial charge in [0.15, 0.2) is 0 Å². The number of hydrogen-bond donors (Lipinski definition) is 2. The topological polar surface area (TPSA) is 84.7 Å². The summed E-state index contributed by atoms with van der Waals surface area (Å²) >= 11 is 0. The Balaban J connectivity index is 1.75. The lowest BCUT2D eigenvalue weighted by molar-refractivity contribution is -0.143. The Labute approximate surface area is 129 Å². The van der Waals surface area contributed by atoms with Gasteiger partial charge in [0, 0.05) is 26.1 Å². The van der Waals surface area contributed by atoms with E-state index in [-0.39, 0.29) is 18.4 Å². The van der Waals surface area contributed by atoms with Crippen LogP contribution < -0.4 is 11.1 Å². The number of rotatable bonds is 3. The molecule has 2 aliphatic rings. The van der Waals surface area contributed by atoms with Gasteiger partial charge in [0.2, 0.25) is 11.8 Å². The Hall–Kier alpha value is -1.92. The largest absolute Gasteiger partial charge is 0.375 e. The van der Waals surface area contributed by atoms with E-state index in [4.69, 9.17) is 10.5 Å². The van der Waals surface area contributed by atoms with Crippen LogP contribution in [0.5, 0.6) is 0 Å². The maximum Gasteiger partial charge on any atom is 0.240 e. The average Bonchev–Trinajstić information content (AvgIpc) is 2.54. The van der Waals surface area contributed by atoms with Gasteiger partial charge >= 0.3 is 0 Å². The lowest BCUT2D eigenvalue weighted by Crippen LogP contribution is -2.52. The van der Waals surface area contributed by atoms with Crippen molar-refractivity contribution in [3.8, 4) is 0 Å². The van der Waals surface area contributed by atoms with Crippen molar-refractivity contribution in [1.29, 1.82) is 0 Å². The second kappa shape index (κ2) is 6.46. The van der Waals surface area contributed by atoms with Crippen molar-refractivity contribution >= 4 is 11.8 Å². The first-order valence-electron chi connectivity index (χ1n) is 7.63. The second-order valence-corrected chi connectivity index (χ2v) is 5.81. The van der Waals surface area contributed by atoms with E-state index in [1.807, 2.05) is 24.3 Å². The Kier molecular flexibility index (Phi) is 4.40. The lowest BCUT2D eigenvalue weighted by atomic mass is 9.93. The lowest BCUT2D eigenvalue weighted by Gasteiger charge is -2.36. The molecule has 2 amide bonds. The summed E-state index contributed by atoms with van der Waals surface area (Å²) in [6.45, 7) is 2.52. The van der Waals surface area contributed by atoms with Gasteiger partial charge in [-0.2, -0.15) is 0 Å². The first kappa shape index (κ1) is 15.0. The van der Waals surface area contributed by atoms with Gasteiger partial charge in [-0.1, -0.05) is 24.3 Å². The fraction of sp³-hybridized carbons (Fsp3) is 0.500. The summed E-state index contributed by atoms with van der Waals surface area (Å²) in [5, 5.41) is 3.21. The van der Waals surface area contributed by atoms with Gasteiger partial charge < -0.3 is 20.7 Å². The van der Waals surface area contributed by atoms with Gasteiger partial charge in [0.25, 0.3) is 0 Å². The Morgan fingerprint density at radius 1 is 1.32 bits per heavy atom. The standard InChI is InChI=1S/C16H21N3O3/c17-16(21)14-7-11-3-1-2-4-12(11)10-19(14)15(20)8-13-9-18-5-6-22-13/h1-4,13-14,18H,5-10H2,(H2,17,21)/t13-,14+/m0/s1. The summed E-state index contributed by atoms with van der Waals surface area (Å²) in [7, 11) is 0. The number of nitrogens with zero attached hydrogens (tertiary/aromatic N) is 1. The summed E-state index contributed by atoms with van der Waals surface area (Å²) < 4.78 is 5.58. The quantitative estimate of drug-likeness (QED) is 0.810. The molecule has 0 bridgehead atoms. The molecule has 118 valence electrons. The first-order chi connectivity index (χ1) is 10.6. The second-order valence-electron chi connectivity index (χ2n) is 5.81. The molecule has 6 nitrogen and oxygen atoms in total. The van der Waals surface area contributed by atoms with Crippen LogP contribution in [0, 0.1) is 0 Å². The molecule has 1 saturated heterocycles. The molecular formula is C16H21N3O3. The number of amides is 2. The molecular weight excluding hydrogens is 282 g/mol. The molecule has 1 aromatic rings. The van der Waals surface area contributed by atoms with Crippen LogP contribution in [-0.2, 0) is 27.3 Å². The molecule has 3 N–H and O–H groups in total. The van der Waals surface area contributed by atoms with Crippen molar-refractivity contribution in [2.45, 2.75) is 31.5 Å². The predicted octanol–water partition coefficient (Wildman–Crippen LogP) is -0.196. The van der Waals surface area contributed by atoms with Crippen molar-refractivity contribution in [1.82, 2.24) is 10.2 Å². The normalized spacial score (nSPS) is 24.6. The van der Waals surface area contributed by atoms with E-state index in [9.17, 15) is 9.59 Å². The number of nitrogens with one attached hydrogen (secondary N) is 1. The van der Waals surface area contributed by atoms with E-state index < -0.39 is 11.9 Å². The van der Waals surface area contributed by atoms with E-state index >= 15 is 0 Å². The van der Waals surface area contributed by atoms with Gasteiger partial charge in [-0.3, -0.25) is 9.59 Å². The number of fused-ring (bicyclic) bond motifs is 1. The zero-order valence-electron chi connectivity index (χ0n) is 12.5. The third-order valence-corrected chi connectivity index (χ3v) is 4.30. The van der Waals surface area contributed by atoms with Gasteiger partial charge in [0.05, 0.1) is 19.1 Å². The Morgan fingerprint density at radius 3 is 2.77 bits per heavy atom. The minimum atomic E-state index is -0.570. The highest BCUT2D eigenvalue weighted by Crippen LogP contribution is 2.24. The van der Waals surface area contributed by atoms with Crippen LogP contribution in [0.1, 0.15) is 17.5 Å². The monoisotopic (exact) mass is 303 g/mol. The summed E-state index contributed by atoms with van der Waals surface area (Å²) in [5.41, 5.74) is 7.68. The van der Waals surface area contributed by atoms with Crippen LogP contribution in [0.3, 0.4) is 0 Å². The van der Waals surface area contributed by atoms with Crippen molar-refractivity contribution in [3.63, 3.8) is 0 Å². The number of hydrogen-bond acceptors (Lipinski definition) is 4. The number of carbonyl (C=O) groups excluding carboxylic acids is 2. The molecule has 2 atom stereocenters. The molecule has 1 aromatic carbocycles. The molecule has 3 rings (SSSR count). The van der Waals surface area contributed by atoms with Crippen molar-refractivity contribution in [2.24, 2.45) is 5.73 Å². The minimum absolute atomic E-state index is 0.0768. The van der Waals surface area contributed by atoms with Gasteiger partial charge in [-0.15, -0.1) is 0 Å². The molecule has 0 spiro atoms. The number of morpholine rings is 1. The first-order valence-corrected chi connectivity index (χ1v) is 7.63. The van der Waals surface area contributed by atoms with Crippen LogP contribution >= 0.6 is 0 Å². The van der Waals surface area contributed by atoms with E-state index in [1.54, 1.807) is 4.90 Å². The van der Waals surface area contributed by atoms with Crippen LogP contribution in [0.4, 0.5) is 0 Å². The molecule has 22 heavy (non-hydrogen) atoms. The molecule has 0 radical (unpaired) electrons. The van der Waals surface area contributed by atoms with Gasteiger partial charge in [-0.25, -0.2) is 0 Å². The number of primary amides is 1. The summed E-state index contributed by atoms with van der Waals surface area (Å²) in [6.07, 6.45) is 0.631. The number of nitrogens with two attached hydrogens (primary N) is 1. The van der Waals surface area contributed by atoms with Crippen molar-refractivity contribution < 1.29 is 14.3 Å². The smallest absolute Gasteiger partial charge is 0.240 e. The summed E-state index contributed by atoms with van der Waals surface area (Å²) in [5.74, 6) is -0.530. The number of carbonyl (C=O) groups is 2. The zero-order chi connectivity index (χ0) is 15.5. The molecule has 6 heteroatoms. The van der Waals surface area contributed by atoms with Gasteiger partial charge in [-0.05, 0) is 11.1 Å². The van der Waals surface area contributed by atoms with E-state index in [2.05, 4.69) is 5.32 Å². The molecule has 0 aliphatic carbocycles. The highest BCUT2D eigenvalue weighted by Gasteiger charge is 2.34. The Bertz CT molecular complexity index is 570. The highest BCUT2D eigenvalue weighted by molar-refractivity contribution is 5.87. The van der Waals surface area contributed by atoms with E-state index in [1.165, 1.54) is 0 Å². The van der Waals surface area contributed by atoms with Crippen LogP contribution in [0.25, 0.3) is 0 Å². The summed E-state index contributed by atoms with van der Waals surface area (Å²) in [6, 6.07) is 7.29. The summed E-state index contributed by atoms with van der Waals surface area (Å²) in [4.78, 5) is 26.0. The fourth-order valence-corrected chi connectivity index (χ4v) is 3.10. The van der Waals surface area contributed by atoms with Crippen LogP contribution in [0.15, 0.2) is 24.3 Å². The molecule has 1 fully saturated rings. The Morgan fingerprint density at radius 2 is 2.09 bits per heavy atom.